The number of nitrogens with zero attached hydrogens (tertiary/aromatic N) is 2. The zero-order valence-corrected chi connectivity index (χ0v) is 8.47. The fraction of sp³-hybridized carbons (Fsp3) is 0.400. The molecule has 0 aliphatic heterocycles. The van der Waals surface area contributed by atoms with Crippen molar-refractivity contribution < 1.29 is 4.79 Å². The molecule has 1 unspecified atom stereocenters. The molecule has 0 aliphatic carbocycles. The Morgan fingerprint density at radius 3 is 2.86 bits per heavy atom. The van der Waals surface area contributed by atoms with Crippen LogP contribution in [0.2, 0.25) is 0 Å². The van der Waals surface area contributed by atoms with Gasteiger partial charge in [0.05, 0.1) is 5.69 Å². The molecule has 0 aliphatic rings. The Morgan fingerprint density at radius 1 is 1.64 bits per heavy atom. The summed E-state index contributed by atoms with van der Waals surface area (Å²) in [7, 11) is 1.73. The number of amides is 1. The molecular formula is C10H15N3O. The van der Waals surface area contributed by atoms with E-state index < -0.39 is 6.04 Å². The van der Waals surface area contributed by atoms with Gasteiger partial charge in [0, 0.05) is 19.8 Å². The first-order valence-corrected chi connectivity index (χ1v) is 4.58. The molecule has 1 aromatic heterocycles. The standard InChI is InChI=1S/C10H15N3O/c1-3-13(2)10(14)9(11)8-6-4-5-7-12-8/h4-7,9H,3,11H2,1-2H3. The van der Waals surface area contributed by atoms with Crippen LogP contribution < -0.4 is 5.73 Å². The van der Waals surface area contributed by atoms with Crippen LogP contribution in [0.1, 0.15) is 18.7 Å². The maximum Gasteiger partial charge on any atom is 0.245 e. The second kappa shape index (κ2) is 4.72. The van der Waals surface area contributed by atoms with E-state index in [0.29, 0.717) is 12.2 Å². The number of likely N-dealkylation sites (N-methyl/N-ethyl adjacent to an activating group) is 1. The molecule has 0 saturated heterocycles. The van der Waals surface area contributed by atoms with Crippen LogP contribution in [-0.4, -0.2) is 29.4 Å². The average Bonchev–Trinajstić information content (AvgIpc) is 2.27. The van der Waals surface area contributed by atoms with Crippen molar-refractivity contribution in [2.24, 2.45) is 5.73 Å². The summed E-state index contributed by atoms with van der Waals surface area (Å²) in [5, 5.41) is 0. The van der Waals surface area contributed by atoms with Crippen LogP contribution >= 0.6 is 0 Å². The number of hydrogen-bond donors (Lipinski definition) is 1. The molecule has 76 valence electrons. The number of pyridine rings is 1. The molecule has 4 heteroatoms. The molecule has 1 aromatic rings. The largest absolute Gasteiger partial charge is 0.344 e. The van der Waals surface area contributed by atoms with Crippen LogP contribution in [-0.2, 0) is 4.79 Å². The molecule has 0 spiro atoms. The first kappa shape index (κ1) is 10.7. The van der Waals surface area contributed by atoms with E-state index in [1.54, 1.807) is 30.3 Å². The zero-order valence-electron chi connectivity index (χ0n) is 8.47. The van der Waals surface area contributed by atoms with Crippen molar-refractivity contribution in [1.29, 1.82) is 0 Å². The maximum atomic E-state index is 11.6. The van der Waals surface area contributed by atoms with Crippen molar-refractivity contribution in [3.05, 3.63) is 30.1 Å². The summed E-state index contributed by atoms with van der Waals surface area (Å²) in [4.78, 5) is 17.3. The third-order valence-corrected chi connectivity index (χ3v) is 2.12. The van der Waals surface area contributed by atoms with Gasteiger partial charge in [0.25, 0.3) is 0 Å². The predicted molar refractivity (Wildman–Crippen MR) is 54.5 cm³/mol. The summed E-state index contributed by atoms with van der Waals surface area (Å²) in [5.41, 5.74) is 6.37. The molecule has 0 fully saturated rings. The maximum absolute atomic E-state index is 11.6. The van der Waals surface area contributed by atoms with Gasteiger partial charge in [-0.2, -0.15) is 0 Å². The molecule has 1 heterocycles. The van der Waals surface area contributed by atoms with Crippen molar-refractivity contribution in [2.45, 2.75) is 13.0 Å². The predicted octanol–water partition coefficient (Wildman–Crippen LogP) is 0.560. The molecule has 14 heavy (non-hydrogen) atoms. The van der Waals surface area contributed by atoms with Crippen molar-refractivity contribution in [3.8, 4) is 0 Å². The third-order valence-electron chi connectivity index (χ3n) is 2.12. The van der Waals surface area contributed by atoms with Gasteiger partial charge in [0.15, 0.2) is 0 Å². The molecule has 2 N–H and O–H groups in total. The zero-order chi connectivity index (χ0) is 10.6. The van der Waals surface area contributed by atoms with Crippen molar-refractivity contribution in [3.63, 3.8) is 0 Å². The van der Waals surface area contributed by atoms with Gasteiger partial charge >= 0.3 is 0 Å². The lowest BCUT2D eigenvalue weighted by molar-refractivity contribution is -0.131. The topological polar surface area (TPSA) is 59.2 Å². The normalized spacial score (nSPS) is 12.2. The SMILES string of the molecule is CCN(C)C(=O)C(N)c1ccccn1. The van der Waals surface area contributed by atoms with Gasteiger partial charge < -0.3 is 10.6 Å². The highest BCUT2D eigenvalue weighted by molar-refractivity contribution is 5.82. The van der Waals surface area contributed by atoms with E-state index in [4.69, 9.17) is 5.73 Å². The molecule has 0 bridgehead atoms. The molecule has 1 amide bonds. The Bertz CT molecular complexity index is 299. The highest BCUT2D eigenvalue weighted by atomic mass is 16.2. The Labute approximate surface area is 83.7 Å². The fourth-order valence-corrected chi connectivity index (χ4v) is 1.08. The Morgan fingerprint density at radius 2 is 2.36 bits per heavy atom. The van der Waals surface area contributed by atoms with E-state index in [-0.39, 0.29) is 5.91 Å². The molecule has 0 saturated carbocycles. The van der Waals surface area contributed by atoms with Crippen LogP contribution in [0.15, 0.2) is 24.4 Å². The fourth-order valence-electron chi connectivity index (χ4n) is 1.08. The minimum atomic E-state index is -0.652. The van der Waals surface area contributed by atoms with Crippen molar-refractivity contribution >= 4 is 5.91 Å². The van der Waals surface area contributed by atoms with E-state index in [9.17, 15) is 4.79 Å². The quantitative estimate of drug-likeness (QED) is 0.763. The van der Waals surface area contributed by atoms with E-state index in [2.05, 4.69) is 4.98 Å². The minimum absolute atomic E-state index is 0.105. The Hall–Kier alpha value is -1.42. The lowest BCUT2D eigenvalue weighted by atomic mass is 10.2. The number of carbonyl (C=O) groups is 1. The van der Waals surface area contributed by atoms with Crippen molar-refractivity contribution in [2.75, 3.05) is 13.6 Å². The summed E-state index contributed by atoms with van der Waals surface area (Å²) < 4.78 is 0. The minimum Gasteiger partial charge on any atom is -0.344 e. The lowest BCUT2D eigenvalue weighted by Crippen LogP contribution is -2.36. The van der Waals surface area contributed by atoms with Crippen LogP contribution in [0.5, 0.6) is 0 Å². The number of rotatable bonds is 3. The van der Waals surface area contributed by atoms with E-state index in [1.165, 1.54) is 0 Å². The number of hydrogen-bond acceptors (Lipinski definition) is 3. The van der Waals surface area contributed by atoms with E-state index in [0.717, 1.165) is 0 Å². The highest BCUT2D eigenvalue weighted by Crippen LogP contribution is 2.08. The van der Waals surface area contributed by atoms with Gasteiger partial charge in [0.2, 0.25) is 5.91 Å². The molecule has 1 atom stereocenters. The van der Waals surface area contributed by atoms with Crippen molar-refractivity contribution in [1.82, 2.24) is 9.88 Å². The number of carbonyl (C=O) groups excluding carboxylic acids is 1. The second-order valence-corrected chi connectivity index (χ2v) is 3.08. The first-order chi connectivity index (χ1) is 6.66. The summed E-state index contributed by atoms with van der Waals surface area (Å²) in [5.74, 6) is -0.105. The van der Waals surface area contributed by atoms with Gasteiger partial charge in [0.1, 0.15) is 6.04 Å². The van der Waals surface area contributed by atoms with Gasteiger partial charge in [-0.05, 0) is 19.1 Å². The number of aromatic nitrogens is 1. The summed E-state index contributed by atoms with van der Waals surface area (Å²) in [6.07, 6.45) is 1.63. The summed E-state index contributed by atoms with van der Waals surface area (Å²) >= 11 is 0. The molecule has 1 rings (SSSR count). The first-order valence-electron chi connectivity index (χ1n) is 4.58. The monoisotopic (exact) mass is 193 g/mol. The van der Waals surface area contributed by atoms with Gasteiger partial charge in [-0.25, -0.2) is 0 Å². The highest BCUT2D eigenvalue weighted by Gasteiger charge is 2.19. The van der Waals surface area contributed by atoms with Gasteiger partial charge in [-0.15, -0.1) is 0 Å². The van der Waals surface area contributed by atoms with Gasteiger partial charge in [-0.3, -0.25) is 9.78 Å². The van der Waals surface area contributed by atoms with Gasteiger partial charge in [-0.1, -0.05) is 6.07 Å². The summed E-state index contributed by atoms with van der Waals surface area (Å²) in [6.45, 7) is 2.56. The van der Waals surface area contributed by atoms with Crippen LogP contribution in [0, 0.1) is 0 Å². The molecule has 4 nitrogen and oxygen atoms in total. The second-order valence-electron chi connectivity index (χ2n) is 3.08. The lowest BCUT2D eigenvalue weighted by Gasteiger charge is -2.18. The Kier molecular flexibility index (Phi) is 3.59. The third kappa shape index (κ3) is 2.29. The molecule has 0 radical (unpaired) electrons. The molecule has 0 aromatic carbocycles. The van der Waals surface area contributed by atoms with E-state index >= 15 is 0 Å². The van der Waals surface area contributed by atoms with E-state index in [1.807, 2.05) is 13.0 Å². The van der Waals surface area contributed by atoms with Crippen LogP contribution in [0.25, 0.3) is 0 Å². The van der Waals surface area contributed by atoms with Crippen LogP contribution in [0.3, 0.4) is 0 Å². The number of nitrogens with two attached hydrogens (primary N) is 1. The smallest absolute Gasteiger partial charge is 0.245 e. The Balaban J connectivity index is 2.76. The summed E-state index contributed by atoms with van der Waals surface area (Å²) in [6, 6.07) is 4.72. The average molecular weight is 193 g/mol. The molecular weight excluding hydrogens is 178 g/mol. The van der Waals surface area contributed by atoms with Crippen LogP contribution in [0.4, 0.5) is 0 Å².